The fraction of sp³-hybridized carbons (Fsp3) is 0.0638. The lowest BCUT2D eigenvalue weighted by Crippen LogP contribution is -2.14. The maximum Gasteiger partial charge on any atom is 0.143 e. The van der Waals surface area contributed by atoms with Gasteiger partial charge in [-0.2, -0.15) is 0 Å². The predicted molar refractivity (Wildman–Crippen MR) is 203 cm³/mol. The molecule has 1 aliphatic rings. The molecular weight excluding hydrogens is 581 g/mol. The zero-order valence-electron chi connectivity index (χ0n) is 26.9. The summed E-state index contributed by atoms with van der Waals surface area (Å²) in [6.45, 7) is 4.70. The highest BCUT2D eigenvalue weighted by atomic mass is 16.3. The number of benzene rings is 8. The Bertz CT molecular complexity index is 2740. The van der Waals surface area contributed by atoms with E-state index >= 15 is 0 Å². The number of fused-ring (bicyclic) bond motifs is 8. The Labute approximate surface area is 279 Å². The molecule has 0 spiro atoms. The Morgan fingerprint density at radius 3 is 1.85 bits per heavy atom. The summed E-state index contributed by atoms with van der Waals surface area (Å²) in [7, 11) is 0. The smallest absolute Gasteiger partial charge is 0.143 e. The molecule has 0 unspecified atom stereocenters. The van der Waals surface area contributed by atoms with Crippen molar-refractivity contribution in [1.29, 1.82) is 0 Å². The third-order valence-corrected chi connectivity index (χ3v) is 10.7. The van der Waals surface area contributed by atoms with Gasteiger partial charge in [0.15, 0.2) is 0 Å². The summed E-state index contributed by atoms with van der Waals surface area (Å²) in [6.07, 6.45) is 0. The molecule has 1 nitrogen and oxygen atoms in total. The maximum absolute atomic E-state index is 6.65. The second kappa shape index (κ2) is 10.0. The van der Waals surface area contributed by atoms with Gasteiger partial charge in [-0.15, -0.1) is 0 Å². The Morgan fingerprint density at radius 1 is 0.375 bits per heavy atom. The average molecular weight is 613 g/mol. The molecule has 1 heteroatoms. The molecule has 0 radical (unpaired) electrons. The van der Waals surface area contributed by atoms with Gasteiger partial charge in [-0.3, -0.25) is 0 Å². The van der Waals surface area contributed by atoms with Gasteiger partial charge in [0.25, 0.3) is 0 Å². The summed E-state index contributed by atoms with van der Waals surface area (Å²) in [5.41, 5.74) is 14.5. The number of furan rings is 1. The molecule has 48 heavy (non-hydrogen) atoms. The van der Waals surface area contributed by atoms with Crippen LogP contribution in [0.15, 0.2) is 162 Å². The number of hydrogen-bond donors (Lipinski definition) is 0. The lowest BCUT2D eigenvalue weighted by molar-refractivity contribution is 0.660. The Kier molecular flexibility index (Phi) is 5.69. The Balaban J connectivity index is 1.34. The van der Waals surface area contributed by atoms with Gasteiger partial charge in [0.1, 0.15) is 11.2 Å². The highest BCUT2D eigenvalue weighted by Gasteiger charge is 2.35. The molecule has 0 saturated heterocycles. The molecule has 9 aromatic rings. The predicted octanol–water partition coefficient (Wildman–Crippen LogP) is 13.2. The molecule has 226 valence electrons. The van der Waals surface area contributed by atoms with Crippen LogP contribution in [0, 0.1) is 0 Å². The van der Waals surface area contributed by atoms with Crippen LogP contribution in [0.1, 0.15) is 25.0 Å². The molecule has 8 aromatic carbocycles. The number of rotatable bonds is 3. The van der Waals surface area contributed by atoms with E-state index in [1.54, 1.807) is 0 Å². The van der Waals surface area contributed by atoms with Crippen LogP contribution in [0.4, 0.5) is 0 Å². The average Bonchev–Trinajstić information content (AvgIpc) is 3.63. The van der Waals surface area contributed by atoms with Crippen LogP contribution in [0.3, 0.4) is 0 Å². The van der Waals surface area contributed by atoms with Crippen molar-refractivity contribution in [3.63, 3.8) is 0 Å². The third kappa shape index (κ3) is 3.79. The lowest BCUT2D eigenvalue weighted by atomic mass is 9.81. The molecular formula is C47H32O. The molecule has 0 aliphatic heterocycles. The summed E-state index contributed by atoms with van der Waals surface area (Å²) in [4.78, 5) is 0. The minimum atomic E-state index is -0.0375. The Hall–Kier alpha value is -5.92. The zero-order chi connectivity index (χ0) is 32.0. The summed E-state index contributed by atoms with van der Waals surface area (Å²) in [6, 6.07) is 57.7. The summed E-state index contributed by atoms with van der Waals surface area (Å²) >= 11 is 0. The number of hydrogen-bond acceptors (Lipinski definition) is 1. The van der Waals surface area contributed by atoms with Crippen molar-refractivity contribution >= 4 is 43.5 Å². The van der Waals surface area contributed by atoms with Gasteiger partial charge in [0.2, 0.25) is 0 Å². The fourth-order valence-electron chi connectivity index (χ4n) is 8.41. The van der Waals surface area contributed by atoms with Crippen molar-refractivity contribution in [3.05, 3.63) is 169 Å². The van der Waals surface area contributed by atoms with Crippen LogP contribution >= 0.6 is 0 Å². The van der Waals surface area contributed by atoms with E-state index < -0.39 is 0 Å². The van der Waals surface area contributed by atoms with E-state index in [0.29, 0.717) is 0 Å². The lowest BCUT2D eigenvalue weighted by Gasteiger charge is -2.22. The van der Waals surface area contributed by atoms with Crippen molar-refractivity contribution in [2.24, 2.45) is 0 Å². The summed E-state index contributed by atoms with van der Waals surface area (Å²) in [5, 5.41) is 7.21. The minimum absolute atomic E-state index is 0.0375. The van der Waals surface area contributed by atoms with Gasteiger partial charge in [-0.1, -0.05) is 153 Å². The van der Waals surface area contributed by atoms with E-state index in [0.717, 1.165) is 27.5 Å². The van der Waals surface area contributed by atoms with Crippen molar-refractivity contribution in [1.82, 2.24) is 0 Å². The molecule has 10 rings (SSSR count). The molecule has 0 fully saturated rings. The van der Waals surface area contributed by atoms with E-state index in [9.17, 15) is 0 Å². The van der Waals surface area contributed by atoms with Crippen LogP contribution < -0.4 is 0 Å². The number of para-hydroxylation sites is 2. The molecule has 0 N–H and O–H groups in total. The van der Waals surface area contributed by atoms with Gasteiger partial charge in [-0.05, 0) is 84.3 Å². The highest BCUT2D eigenvalue weighted by Crippen LogP contribution is 2.52. The van der Waals surface area contributed by atoms with Gasteiger partial charge in [0.05, 0.1) is 0 Å². The van der Waals surface area contributed by atoms with Crippen molar-refractivity contribution < 1.29 is 4.42 Å². The van der Waals surface area contributed by atoms with Crippen LogP contribution in [-0.4, -0.2) is 0 Å². The van der Waals surface area contributed by atoms with Gasteiger partial charge in [0, 0.05) is 27.3 Å². The van der Waals surface area contributed by atoms with E-state index in [4.69, 9.17) is 4.42 Å². The highest BCUT2D eigenvalue weighted by molar-refractivity contribution is 6.24. The first-order chi connectivity index (χ1) is 23.6. The largest absolute Gasteiger partial charge is 0.455 e. The molecule has 0 bridgehead atoms. The summed E-state index contributed by atoms with van der Waals surface area (Å²) < 4.78 is 6.65. The van der Waals surface area contributed by atoms with E-state index in [2.05, 4.69) is 166 Å². The second-order valence-electron chi connectivity index (χ2n) is 13.6. The first kappa shape index (κ1) is 27.2. The molecule has 1 aliphatic carbocycles. The van der Waals surface area contributed by atoms with Gasteiger partial charge >= 0.3 is 0 Å². The van der Waals surface area contributed by atoms with E-state index in [1.165, 1.54) is 71.6 Å². The second-order valence-corrected chi connectivity index (χ2v) is 13.6. The minimum Gasteiger partial charge on any atom is -0.455 e. The Morgan fingerprint density at radius 2 is 1.00 bits per heavy atom. The first-order valence-electron chi connectivity index (χ1n) is 16.8. The molecule has 1 heterocycles. The maximum atomic E-state index is 6.65. The van der Waals surface area contributed by atoms with E-state index in [-0.39, 0.29) is 5.41 Å². The van der Waals surface area contributed by atoms with Crippen LogP contribution in [-0.2, 0) is 5.41 Å². The SMILES string of the molecule is CC1(C)c2ccccc2-c2cc(-c3c4ccccc4c(-c4cccc5c4oc4ccccc45)c4ccc(-c5ccccc5)cc34)ccc21. The molecule has 1 aromatic heterocycles. The van der Waals surface area contributed by atoms with Gasteiger partial charge in [-0.25, -0.2) is 0 Å². The van der Waals surface area contributed by atoms with Gasteiger partial charge < -0.3 is 4.42 Å². The van der Waals surface area contributed by atoms with Crippen molar-refractivity contribution in [3.8, 4) is 44.5 Å². The van der Waals surface area contributed by atoms with Crippen LogP contribution in [0.5, 0.6) is 0 Å². The zero-order valence-corrected chi connectivity index (χ0v) is 26.9. The fourth-order valence-corrected chi connectivity index (χ4v) is 8.41. The summed E-state index contributed by atoms with van der Waals surface area (Å²) in [5.74, 6) is 0. The standard InChI is InChI=1S/C47H32O/c1-47(2)41-21-10-8-15-32(41)39-28-31(24-26-42(39)47)44-34-17-6-7-18-35(34)45(36-25-23-30(27-40(36)44)29-13-4-3-5-14-29)38-20-12-19-37-33-16-9-11-22-43(33)48-46(37)38/h3-28H,1-2H3. The topological polar surface area (TPSA) is 13.1 Å². The molecule has 0 amide bonds. The van der Waals surface area contributed by atoms with E-state index in [1.807, 2.05) is 6.07 Å². The first-order valence-corrected chi connectivity index (χ1v) is 16.8. The molecule has 0 atom stereocenters. The normalized spacial score (nSPS) is 13.4. The molecule has 0 saturated carbocycles. The van der Waals surface area contributed by atoms with Crippen molar-refractivity contribution in [2.75, 3.05) is 0 Å². The quantitative estimate of drug-likeness (QED) is 0.181. The van der Waals surface area contributed by atoms with Crippen molar-refractivity contribution in [2.45, 2.75) is 19.3 Å². The monoisotopic (exact) mass is 612 g/mol. The third-order valence-electron chi connectivity index (χ3n) is 10.7. The van der Waals surface area contributed by atoms with Crippen LogP contribution in [0.2, 0.25) is 0 Å². The van der Waals surface area contributed by atoms with Crippen LogP contribution in [0.25, 0.3) is 88.0 Å².